The number of sulfone groups is 1. The molecule has 1 unspecified atom stereocenters. The Morgan fingerprint density at radius 3 is 2.42 bits per heavy atom. The molecule has 1 fully saturated rings. The van der Waals surface area contributed by atoms with Crippen LogP contribution >= 0.6 is 0 Å². The van der Waals surface area contributed by atoms with Gasteiger partial charge in [-0.25, -0.2) is 13.2 Å². The summed E-state index contributed by atoms with van der Waals surface area (Å²) in [7, 11) is -3.48. The number of hydrogen-bond donors (Lipinski definition) is 1. The summed E-state index contributed by atoms with van der Waals surface area (Å²) in [5.41, 5.74) is 0. The number of amides is 1. The van der Waals surface area contributed by atoms with E-state index in [9.17, 15) is 18.0 Å². The summed E-state index contributed by atoms with van der Waals surface area (Å²) in [4.78, 5) is 24.1. The third-order valence-corrected chi connectivity index (χ3v) is 5.02. The maximum Gasteiger partial charge on any atom is 0.334 e. The standard InChI is InChI=1S/C11H19NO6S/c1-7(2)19(16,17)6-10(13)12-4-8(3)18-9(5-12)11(14)15/h7-9H,4-6H2,1-3H3,(H,14,15)/t8-,9?/m1/s1. The first-order valence-corrected chi connectivity index (χ1v) is 7.72. The number of ether oxygens (including phenoxy) is 1. The summed E-state index contributed by atoms with van der Waals surface area (Å²) in [5, 5.41) is 8.26. The number of nitrogens with zero attached hydrogens (tertiary/aromatic N) is 1. The fraction of sp³-hybridized carbons (Fsp3) is 0.818. The molecule has 110 valence electrons. The van der Waals surface area contributed by atoms with Gasteiger partial charge in [-0.15, -0.1) is 0 Å². The second-order valence-electron chi connectivity index (χ2n) is 4.93. The van der Waals surface area contributed by atoms with Crippen LogP contribution in [0.1, 0.15) is 20.8 Å². The molecular formula is C11H19NO6S. The summed E-state index contributed by atoms with van der Waals surface area (Å²) in [5.74, 6) is -2.32. The van der Waals surface area contributed by atoms with Crippen LogP contribution in [0.15, 0.2) is 0 Å². The van der Waals surface area contributed by atoms with Crippen LogP contribution in [0.3, 0.4) is 0 Å². The highest BCUT2D eigenvalue weighted by Crippen LogP contribution is 2.13. The van der Waals surface area contributed by atoms with E-state index in [0.717, 1.165) is 0 Å². The van der Waals surface area contributed by atoms with Crippen LogP contribution in [0, 0.1) is 0 Å². The molecule has 1 heterocycles. The fourth-order valence-electron chi connectivity index (χ4n) is 1.72. The minimum atomic E-state index is -3.48. The van der Waals surface area contributed by atoms with Crippen molar-refractivity contribution in [3.8, 4) is 0 Å². The number of carbonyl (C=O) groups is 2. The maximum atomic E-state index is 11.9. The lowest BCUT2D eigenvalue weighted by atomic mass is 10.2. The van der Waals surface area contributed by atoms with Gasteiger partial charge in [0.15, 0.2) is 15.9 Å². The van der Waals surface area contributed by atoms with Crippen LogP contribution in [0.25, 0.3) is 0 Å². The van der Waals surface area contributed by atoms with Crippen LogP contribution in [0.2, 0.25) is 0 Å². The molecular weight excluding hydrogens is 274 g/mol. The minimum Gasteiger partial charge on any atom is -0.479 e. The van der Waals surface area contributed by atoms with Crippen molar-refractivity contribution in [2.45, 2.75) is 38.2 Å². The second kappa shape index (κ2) is 5.87. The van der Waals surface area contributed by atoms with Crippen LogP contribution in [-0.2, 0) is 24.2 Å². The summed E-state index contributed by atoms with van der Waals surface area (Å²) in [6, 6.07) is 0. The third-order valence-electron chi connectivity index (χ3n) is 2.93. The molecule has 2 atom stereocenters. The average Bonchev–Trinajstić information content (AvgIpc) is 2.27. The van der Waals surface area contributed by atoms with E-state index in [-0.39, 0.29) is 13.1 Å². The van der Waals surface area contributed by atoms with Gasteiger partial charge in [-0.2, -0.15) is 0 Å². The van der Waals surface area contributed by atoms with Crippen molar-refractivity contribution in [1.29, 1.82) is 0 Å². The molecule has 0 spiro atoms. The first-order chi connectivity index (χ1) is 8.63. The minimum absolute atomic E-state index is 0.119. The van der Waals surface area contributed by atoms with Gasteiger partial charge in [0, 0.05) is 6.54 Å². The Kier molecular flexibility index (Phi) is 4.92. The Hall–Kier alpha value is -1.15. The van der Waals surface area contributed by atoms with E-state index in [4.69, 9.17) is 9.84 Å². The Morgan fingerprint density at radius 1 is 1.37 bits per heavy atom. The van der Waals surface area contributed by atoms with E-state index in [0.29, 0.717) is 0 Å². The van der Waals surface area contributed by atoms with Crippen molar-refractivity contribution in [3.05, 3.63) is 0 Å². The molecule has 1 amide bonds. The van der Waals surface area contributed by atoms with Crippen molar-refractivity contribution in [1.82, 2.24) is 4.90 Å². The van der Waals surface area contributed by atoms with Gasteiger partial charge in [0.25, 0.3) is 0 Å². The molecule has 1 aliphatic rings. The van der Waals surface area contributed by atoms with Crippen LogP contribution < -0.4 is 0 Å². The van der Waals surface area contributed by atoms with Gasteiger partial charge in [-0.3, -0.25) is 4.79 Å². The Balaban J connectivity index is 2.74. The zero-order chi connectivity index (χ0) is 14.8. The Bertz CT molecular complexity index is 458. The Morgan fingerprint density at radius 2 is 1.95 bits per heavy atom. The van der Waals surface area contributed by atoms with E-state index in [1.807, 2.05) is 0 Å². The molecule has 19 heavy (non-hydrogen) atoms. The molecule has 1 saturated heterocycles. The maximum absolute atomic E-state index is 11.9. The summed E-state index contributed by atoms with van der Waals surface area (Å²) in [6.45, 7) is 4.74. The van der Waals surface area contributed by atoms with Crippen LogP contribution in [-0.4, -0.2) is 66.6 Å². The fourth-order valence-corrected chi connectivity index (χ4v) is 2.58. The SMILES string of the molecule is CC(C)S(=O)(=O)CC(=O)N1CC(C(=O)O)O[C@H](C)C1. The highest BCUT2D eigenvalue weighted by Gasteiger charge is 2.34. The smallest absolute Gasteiger partial charge is 0.334 e. The van der Waals surface area contributed by atoms with Crippen molar-refractivity contribution in [2.24, 2.45) is 0 Å². The molecule has 1 aliphatic heterocycles. The van der Waals surface area contributed by atoms with E-state index >= 15 is 0 Å². The summed E-state index contributed by atoms with van der Waals surface area (Å²) < 4.78 is 28.5. The van der Waals surface area contributed by atoms with Crippen LogP contribution in [0.4, 0.5) is 0 Å². The zero-order valence-electron chi connectivity index (χ0n) is 11.2. The first kappa shape index (κ1) is 15.9. The summed E-state index contributed by atoms with van der Waals surface area (Å²) >= 11 is 0. The molecule has 0 aromatic rings. The van der Waals surface area contributed by atoms with Gasteiger partial charge in [-0.05, 0) is 20.8 Å². The van der Waals surface area contributed by atoms with E-state index in [1.165, 1.54) is 18.7 Å². The van der Waals surface area contributed by atoms with Crippen LogP contribution in [0.5, 0.6) is 0 Å². The molecule has 7 nitrogen and oxygen atoms in total. The lowest BCUT2D eigenvalue weighted by Crippen LogP contribution is -2.53. The molecule has 0 bridgehead atoms. The van der Waals surface area contributed by atoms with Gasteiger partial charge in [0.05, 0.1) is 17.9 Å². The van der Waals surface area contributed by atoms with Crippen molar-refractivity contribution >= 4 is 21.7 Å². The number of hydrogen-bond acceptors (Lipinski definition) is 5. The molecule has 0 saturated carbocycles. The molecule has 1 N–H and O–H groups in total. The van der Waals surface area contributed by atoms with Gasteiger partial charge in [-0.1, -0.05) is 0 Å². The number of rotatable bonds is 4. The third kappa shape index (κ3) is 4.17. The predicted octanol–water partition coefficient (Wildman–Crippen LogP) is -0.490. The van der Waals surface area contributed by atoms with Crippen molar-refractivity contribution < 1.29 is 27.9 Å². The number of aliphatic carboxylic acids is 1. The number of carbonyl (C=O) groups excluding carboxylic acids is 1. The Labute approximate surface area is 112 Å². The number of carboxylic acid groups (broad SMARTS) is 1. The molecule has 1 rings (SSSR count). The topological polar surface area (TPSA) is 101 Å². The average molecular weight is 293 g/mol. The molecule has 8 heteroatoms. The molecule has 0 aliphatic carbocycles. The van der Waals surface area contributed by atoms with Crippen molar-refractivity contribution in [2.75, 3.05) is 18.8 Å². The lowest BCUT2D eigenvalue weighted by Gasteiger charge is -2.35. The highest BCUT2D eigenvalue weighted by molar-refractivity contribution is 7.92. The monoisotopic (exact) mass is 293 g/mol. The normalized spacial score (nSPS) is 24.5. The lowest BCUT2D eigenvalue weighted by molar-refractivity contribution is -0.165. The number of carboxylic acids is 1. The van der Waals surface area contributed by atoms with Gasteiger partial charge in [0.1, 0.15) is 5.75 Å². The molecule has 0 aromatic carbocycles. The molecule has 0 radical (unpaired) electrons. The quantitative estimate of drug-likeness (QED) is 0.750. The largest absolute Gasteiger partial charge is 0.479 e. The van der Waals surface area contributed by atoms with Gasteiger partial charge in [0.2, 0.25) is 5.91 Å². The number of morpholine rings is 1. The van der Waals surface area contributed by atoms with E-state index in [2.05, 4.69) is 0 Å². The summed E-state index contributed by atoms with van der Waals surface area (Å²) in [6.07, 6.45) is -1.53. The zero-order valence-corrected chi connectivity index (χ0v) is 12.0. The van der Waals surface area contributed by atoms with Crippen molar-refractivity contribution in [3.63, 3.8) is 0 Å². The van der Waals surface area contributed by atoms with E-state index in [1.54, 1.807) is 6.92 Å². The highest BCUT2D eigenvalue weighted by atomic mass is 32.2. The molecule has 0 aromatic heterocycles. The van der Waals surface area contributed by atoms with E-state index < -0.39 is 44.9 Å². The van der Waals surface area contributed by atoms with Gasteiger partial charge < -0.3 is 14.7 Å². The van der Waals surface area contributed by atoms with Gasteiger partial charge >= 0.3 is 5.97 Å². The predicted molar refractivity (Wildman–Crippen MR) is 67.5 cm³/mol. The first-order valence-electron chi connectivity index (χ1n) is 6.01. The second-order valence-corrected chi connectivity index (χ2v) is 7.49.